The van der Waals surface area contributed by atoms with Crippen molar-refractivity contribution in [1.29, 1.82) is 0 Å². The molecule has 2 saturated carbocycles. The normalized spacial score (nSPS) is 24.6. The van der Waals surface area contributed by atoms with E-state index in [0.717, 1.165) is 11.3 Å². The van der Waals surface area contributed by atoms with Crippen molar-refractivity contribution in [2.75, 3.05) is 25.9 Å². The fourth-order valence-corrected chi connectivity index (χ4v) is 7.16. The van der Waals surface area contributed by atoms with Crippen LogP contribution in [-0.2, 0) is 24.4 Å². The number of carboxylic acid groups (broad SMARTS) is 1. The van der Waals surface area contributed by atoms with Gasteiger partial charge in [-0.3, -0.25) is 14.4 Å². The molecule has 2 fully saturated rings. The maximum Gasteiger partial charge on any atom is 0.323 e. The molecule has 0 aliphatic heterocycles. The lowest BCUT2D eigenvalue weighted by atomic mass is 9.70. The highest BCUT2D eigenvalue weighted by molar-refractivity contribution is 7.89. The molecule has 0 aromatic rings. The molecule has 2 aliphatic carbocycles. The average Bonchev–Trinajstić information content (AvgIpc) is 3.02. The van der Waals surface area contributed by atoms with Crippen LogP contribution in [0.15, 0.2) is 4.99 Å². The first kappa shape index (κ1) is 27.4. The number of nitrogens with zero attached hydrogens (tertiary/aromatic N) is 3. The molecule has 0 aromatic carbocycles. The standard InChI is InChI=1S/C19H32N6O8S/c1-18(2)12-6-7-19(18,14(26)9-12)11-34(32,33)23-13(16(29)24(3)10-15(27)28)5-4-8-21-17(20)22-25(30)31/h12-13,23H,4-11H2,1-3H3,(H,27,28)(H3,20,21,22). The monoisotopic (exact) mass is 504 g/mol. The zero-order valence-electron chi connectivity index (χ0n) is 19.4. The number of fused-ring (bicyclic) bond motifs is 2. The Kier molecular flexibility index (Phi) is 8.24. The number of rotatable bonds is 12. The summed E-state index contributed by atoms with van der Waals surface area (Å²) in [7, 11) is -2.88. The van der Waals surface area contributed by atoms with Gasteiger partial charge >= 0.3 is 5.97 Å². The maximum absolute atomic E-state index is 13.1. The first-order chi connectivity index (χ1) is 15.6. The van der Waals surface area contributed by atoms with E-state index >= 15 is 0 Å². The van der Waals surface area contributed by atoms with E-state index in [9.17, 15) is 32.9 Å². The van der Waals surface area contributed by atoms with Gasteiger partial charge in [-0.05, 0) is 37.0 Å². The Balaban J connectivity index is 2.16. The number of likely N-dealkylation sites (N-methyl/N-ethyl adjacent to an activating group) is 1. The van der Waals surface area contributed by atoms with Crippen LogP contribution < -0.4 is 15.9 Å². The molecule has 2 aliphatic rings. The molecule has 2 bridgehead atoms. The topological polar surface area (TPSA) is 214 Å². The predicted octanol–water partition coefficient (Wildman–Crippen LogP) is -0.911. The molecular formula is C19H32N6O8S. The molecule has 14 nitrogen and oxygen atoms in total. The van der Waals surface area contributed by atoms with Crippen molar-refractivity contribution >= 4 is 33.6 Å². The van der Waals surface area contributed by atoms with E-state index in [-0.39, 0.29) is 31.1 Å². The molecule has 1 amide bonds. The molecule has 192 valence electrons. The van der Waals surface area contributed by atoms with Gasteiger partial charge in [0, 0.05) is 25.4 Å². The molecule has 0 aromatic heterocycles. The van der Waals surface area contributed by atoms with Crippen LogP contribution in [-0.4, -0.2) is 79.0 Å². The second-order valence-corrected chi connectivity index (χ2v) is 11.2. The first-order valence-corrected chi connectivity index (χ1v) is 12.5. The number of carbonyl (C=O) groups is 3. The van der Waals surface area contributed by atoms with Crippen molar-refractivity contribution in [3.63, 3.8) is 0 Å². The van der Waals surface area contributed by atoms with E-state index in [4.69, 9.17) is 10.8 Å². The zero-order chi connectivity index (χ0) is 25.9. The van der Waals surface area contributed by atoms with Crippen molar-refractivity contribution in [2.24, 2.45) is 27.5 Å². The molecule has 0 heterocycles. The van der Waals surface area contributed by atoms with Crippen molar-refractivity contribution in [3.8, 4) is 0 Å². The summed E-state index contributed by atoms with van der Waals surface area (Å²) in [6.07, 6.45) is 1.61. The molecule has 15 heteroatoms. The number of nitrogens with one attached hydrogen (secondary N) is 2. The summed E-state index contributed by atoms with van der Waals surface area (Å²) < 4.78 is 28.6. The molecule has 3 unspecified atom stereocenters. The SMILES string of the molecule is CN(CC(=O)O)C(=O)C(CCCN=C(N)N[N+](=O)[O-])NS(=O)(=O)CC12CCC(CC1=O)C2(C)C. The van der Waals surface area contributed by atoms with Crippen molar-refractivity contribution in [1.82, 2.24) is 15.0 Å². The fourth-order valence-electron chi connectivity index (χ4n) is 5.09. The second kappa shape index (κ2) is 10.2. The minimum absolute atomic E-state index is 0.0437. The van der Waals surface area contributed by atoms with Crippen LogP contribution in [0.5, 0.6) is 0 Å². The number of nitrogens with two attached hydrogens (primary N) is 1. The number of aliphatic imine (C=N–C) groups is 1. The van der Waals surface area contributed by atoms with Crippen LogP contribution in [0, 0.1) is 26.9 Å². The number of hydrogen-bond acceptors (Lipinski definition) is 8. The van der Waals surface area contributed by atoms with E-state index in [0.29, 0.717) is 12.8 Å². The number of aliphatic carboxylic acids is 1. The van der Waals surface area contributed by atoms with Crippen LogP contribution >= 0.6 is 0 Å². The van der Waals surface area contributed by atoms with Gasteiger partial charge in [0.25, 0.3) is 5.96 Å². The number of nitro groups is 1. The molecule has 34 heavy (non-hydrogen) atoms. The van der Waals surface area contributed by atoms with Crippen LogP contribution in [0.4, 0.5) is 0 Å². The van der Waals surface area contributed by atoms with E-state index < -0.39 is 62.1 Å². The van der Waals surface area contributed by atoms with Gasteiger partial charge in [0.1, 0.15) is 18.4 Å². The Morgan fingerprint density at radius 3 is 2.56 bits per heavy atom. The number of sulfonamides is 1. The van der Waals surface area contributed by atoms with Gasteiger partial charge in [0.15, 0.2) is 5.03 Å². The Bertz CT molecular complexity index is 981. The van der Waals surface area contributed by atoms with Gasteiger partial charge in [0.05, 0.1) is 5.75 Å². The third-order valence-electron chi connectivity index (χ3n) is 7.08. The molecular weight excluding hydrogens is 472 g/mol. The average molecular weight is 505 g/mol. The van der Waals surface area contributed by atoms with Gasteiger partial charge in [0.2, 0.25) is 15.9 Å². The summed E-state index contributed by atoms with van der Waals surface area (Å²) in [5.41, 5.74) is 5.48. The number of hydrogen-bond donors (Lipinski definition) is 4. The highest BCUT2D eigenvalue weighted by Crippen LogP contribution is 2.64. The van der Waals surface area contributed by atoms with Crippen LogP contribution in [0.3, 0.4) is 0 Å². The largest absolute Gasteiger partial charge is 0.480 e. The third-order valence-corrected chi connectivity index (χ3v) is 8.60. The fraction of sp³-hybridized carbons (Fsp3) is 0.789. The lowest BCUT2D eigenvalue weighted by Gasteiger charge is -2.36. The third kappa shape index (κ3) is 6.00. The minimum atomic E-state index is -4.12. The van der Waals surface area contributed by atoms with E-state index in [1.807, 2.05) is 13.8 Å². The van der Waals surface area contributed by atoms with Gasteiger partial charge in [-0.25, -0.2) is 28.2 Å². The van der Waals surface area contributed by atoms with Gasteiger partial charge in [-0.1, -0.05) is 19.3 Å². The van der Waals surface area contributed by atoms with Gasteiger partial charge in [-0.15, -0.1) is 0 Å². The van der Waals surface area contributed by atoms with Crippen LogP contribution in [0.25, 0.3) is 0 Å². The van der Waals surface area contributed by atoms with Crippen molar-refractivity contribution in [2.45, 2.75) is 52.0 Å². The Hall–Kier alpha value is -2.81. The summed E-state index contributed by atoms with van der Waals surface area (Å²) in [6.45, 7) is 3.12. The van der Waals surface area contributed by atoms with E-state index in [1.54, 1.807) is 5.43 Å². The molecule has 0 saturated heterocycles. The number of carbonyl (C=O) groups excluding carboxylic acids is 2. The first-order valence-electron chi connectivity index (χ1n) is 10.8. The van der Waals surface area contributed by atoms with Crippen molar-refractivity contribution in [3.05, 3.63) is 10.1 Å². The Morgan fingerprint density at radius 2 is 2.06 bits per heavy atom. The molecule has 0 spiro atoms. The molecule has 5 N–H and O–H groups in total. The number of Topliss-reactive ketones (excluding diaryl/α,β-unsaturated/α-hetero) is 1. The van der Waals surface area contributed by atoms with Gasteiger partial charge < -0.3 is 15.7 Å². The number of guanidine groups is 1. The van der Waals surface area contributed by atoms with Crippen molar-refractivity contribution < 1.29 is 32.9 Å². The zero-order valence-corrected chi connectivity index (χ0v) is 20.3. The number of amides is 1. The molecule has 0 radical (unpaired) electrons. The lowest BCUT2D eigenvalue weighted by molar-refractivity contribution is -0.525. The summed E-state index contributed by atoms with van der Waals surface area (Å²) in [4.78, 5) is 51.5. The number of carboxylic acids is 1. The second-order valence-electron chi connectivity index (χ2n) is 9.46. The summed E-state index contributed by atoms with van der Waals surface area (Å²) >= 11 is 0. The number of ketones is 1. The minimum Gasteiger partial charge on any atom is -0.480 e. The summed E-state index contributed by atoms with van der Waals surface area (Å²) in [5, 5.41) is 18.4. The summed E-state index contributed by atoms with van der Waals surface area (Å²) in [6, 6.07) is -1.30. The smallest absolute Gasteiger partial charge is 0.323 e. The Labute approximate surface area is 197 Å². The van der Waals surface area contributed by atoms with E-state index in [1.165, 1.54) is 7.05 Å². The van der Waals surface area contributed by atoms with Crippen LogP contribution in [0.2, 0.25) is 0 Å². The Morgan fingerprint density at radius 1 is 1.41 bits per heavy atom. The number of hydrazine groups is 1. The van der Waals surface area contributed by atoms with Gasteiger partial charge in [-0.2, -0.15) is 0 Å². The quantitative estimate of drug-likeness (QED) is 0.0843. The van der Waals surface area contributed by atoms with Crippen LogP contribution in [0.1, 0.15) is 46.0 Å². The highest BCUT2D eigenvalue weighted by Gasteiger charge is 2.65. The summed E-state index contributed by atoms with van der Waals surface area (Å²) in [5.74, 6) is -2.90. The predicted molar refractivity (Wildman–Crippen MR) is 120 cm³/mol. The molecule has 2 rings (SSSR count). The van der Waals surface area contributed by atoms with E-state index in [2.05, 4.69) is 9.71 Å². The molecule has 3 atom stereocenters. The highest BCUT2D eigenvalue weighted by atomic mass is 32.2. The maximum atomic E-state index is 13.1. The lowest BCUT2D eigenvalue weighted by Crippen LogP contribution is -2.52.